The van der Waals surface area contributed by atoms with E-state index >= 15 is 4.39 Å². The highest BCUT2D eigenvalue weighted by atomic mass is 127. The Balaban J connectivity index is 1.84. The topological polar surface area (TPSA) is 55.8 Å². The lowest BCUT2D eigenvalue weighted by atomic mass is 9.73. The molecule has 1 amide bonds. The summed E-state index contributed by atoms with van der Waals surface area (Å²) in [6, 6.07) is 9.52. The summed E-state index contributed by atoms with van der Waals surface area (Å²) in [4.78, 5) is 16.2. The molecule has 0 bridgehead atoms. The molecule has 33 heavy (non-hydrogen) atoms. The van der Waals surface area contributed by atoms with E-state index in [2.05, 4.69) is 55.9 Å². The molecule has 1 aliphatic carbocycles. The van der Waals surface area contributed by atoms with Crippen molar-refractivity contribution in [3.63, 3.8) is 0 Å². The van der Waals surface area contributed by atoms with Gasteiger partial charge in [0.15, 0.2) is 0 Å². The Morgan fingerprint density at radius 2 is 2.03 bits per heavy atom. The maximum absolute atomic E-state index is 15.6. The molecular weight excluding hydrogens is 694 g/mol. The van der Waals surface area contributed by atoms with Crippen molar-refractivity contribution in [2.75, 3.05) is 11.9 Å². The van der Waals surface area contributed by atoms with Gasteiger partial charge in [0.05, 0.1) is 23.2 Å². The van der Waals surface area contributed by atoms with Gasteiger partial charge in [-0.25, -0.2) is 4.39 Å². The number of nitrogens with one attached hydrogen (secondary N) is 1. The van der Waals surface area contributed by atoms with Crippen LogP contribution in [0.4, 0.5) is 10.1 Å². The third-order valence-corrected chi connectivity index (χ3v) is 8.94. The summed E-state index contributed by atoms with van der Waals surface area (Å²) in [6.07, 6.45) is 1.40. The third kappa shape index (κ3) is 3.82. The molecule has 0 radical (unpaired) electrons. The van der Waals surface area contributed by atoms with Crippen molar-refractivity contribution >= 4 is 80.5 Å². The number of carbonyl (C=O) groups is 1. The van der Waals surface area contributed by atoms with Crippen LogP contribution in [0, 0.1) is 11.7 Å². The molecule has 2 N–H and O–H groups in total. The molecule has 2 heterocycles. The van der Waals surface area contributed by atoms with Crippen LogP contribution in [0.2, 0.25) is 10.0 Å². The van der Waals surface area contributed by atoms with E-state index in [1.807, 2.05) is 7.39 Å². The summed E-state index contributed by atoms with van der Waals surface area (Å²) in [6.45, 7) is 2.38. The van der Waals surface area contributed by atoms with Crippen molar-refractivity contribution in [2.24, 2.45) is 5.92 Å². The molecule has 1 unspecified atom stereocenters. The van der Waals surface area contributed by atoms with Crippen LogP contribution in [-0.4, -0.2) is 42.0 Å². The minimum Gasteiger partial charge on any atom is -0.392 e. The number of fused-ring (bicyclic) bond motifs is 2. The van der Waals surface area contributed by atoms with E-state index in [9.17, 15) is 9.90 Å². The van der Waals surface area contributed by atoms with Crippen LogP contribution in [-0.2, 0) is 10.3 Å². The summed E-state index contributed by atoms with van der Waals surface area (Å²) in [5.74, 6) is -0.942. The molecule has 5 nitrogen and oxygen atoms in total. The van der Waals surface area contributed by atoms with E-state index in [0.717, 1.165) is 18.4 Å². The molecule has 3 aliphatic rings. The lowest BCUT2D eigenvalue weighted by Crippen LogP contribution is -2.54. The number of benzene rings is 2. The molecule has 176 valence electrons. The average Bonchev–Trinajstić information content (AvgIpc) is 3.45. The lowest BCUT2D eigenvalue weighted by Gasteiger charge is -2.40. The molecule has 10 heteroatoms. The van der Waals surface area contributed by atoms with E-state index in [1.54, 1.807) is 31.2 Å². The maximum atomic E-state index is 15.6. The fourth-order valence-corrected chi connectivity index (χ4v) is 7.37. The van der Waals surface area contributed by atoms with Crippen LogP contribution in [0.1, 0.15) is 36.8 Å². The number of carbonyl (C=O) groups excluding carboxylic acids is 1. The SMILES string of the molecule is C[C@H](O)[C@@H]1[C@H](N(I)I)C(c2cccc(Cl)c2F)[C@@]2(C(=O)Nc3cc(Cl)ccc32)N1CC1CC1. The predicted molar refractivity (Wildman–Crippen MR) is 144 cm³/mol. The molecule has 1 saturated carbocycles. The smallest absolute Gasteiger partial charge is 0.250 e. The molecule has 2 aromatic carbocycles. The summed E-state index contributed by atoms with van der Waals surface area (Å²) in [5.41, 5.74) is 0.534. The van der Waals surface area contributed by atoms with Crippen LogP contribution in [0.25, 0.3) is 0 Å². The first kappa shape index (κ1) is 24.5. The lowest BCUT2D eigenvalue weighted by molar-refractivity contribution is -0.128. The molecule has 5 rings (SSSR count). The van der Waals surface area contributed by atoms with Gasteiger partial charge >= 0.3 is 0 Å². The maximum Gasteiger partial charge on any atom is 0.250 e. The highest BCUT2D eigenvalue weighted by Gasteiger charge is 2.69. The van der Waals surface area contributed by atoms with Gasteiger partial charge in [-0.15, -0.1) is 0 Å². The first-order chi connectivity index (χ1) is 15.7. The summed E-state index contributed by atoms with van der Waals surface area (Å²) in [5, 5.41) is 14.6. The van der Waals surface area contributed by atoms with Gasteiger partial charge in [0.25, 0.3) is 0 Å². The normalized spacial score (nSPS) is 30.2. The molecule has 2 fully saturated rings. The number of aliphatic hydroxyl groups excluding tert-OH is 1. The highest BCUT2D eigenvalue weighted by molar-refractivity contribution is 14.2. The van der Waals surface area contributed by atoms with Gasteiger partial charge in [0.1, 0.15) is 11.4 Å². The molecule has 2 aliphatic heterocycles. The van der Waals surface area contributed by atoms with Crippen LogP contribution in [0.15, 0.2) is 36.4 Å². The van der Waals surface area contributed by atoms with Gasteiger partial charge in [-0.2, -0.15) is 1.33 Å². The second kappa shape index (κ2) is 9.01. The molecule has 1 spiro atoms. The van der Waals surface area contributed by atoms with Crippen LogP contribution in [0.3, 0.4) is 0 Å². The Morgan fingerprint density at radius 1 is 1.30 bits per heavy atom. The van der Waals surface area contributed by atoms with Crippen LogP contribution >= 0.6 is 68.9 Å². The van der Waals surface area contributed by atoms with E-state index in [1.165, 1.54) is 6.07 Å². The van der Waals surface area contributed by atoms with E-state index in [0.29, 0.717) is 28.7 Å². The van der Waals surface area contributed by atoms with Gasteiger partial charge in [0.2, 0.25) is 5.91 Å². The summed E-state index contributed by atoms with van der Waals surface area (Å²) < 4.78 is 17.6. The number of halogens is 5. The first-order valence-corrected chi connectivity index (χ1v) is 13.5. The van der Waals surface area contributed by atoms with Crippen molar-refractivity contribution in [3.05, 3.63) is 63.4 Å². The van der Waals surface area contributed by atoms with Crippen LogP contribution < -0.4 is 5.32 Å². The molecule has 5 atom stereocenters. The Morgan fingerprint density at radius 3 is 2.67 bits per heavy atom. The number of amides is 1. The second-order valence-electron chi connectivity index (χ2n) is 9.11. The average molecular weight is 716 g/mol. The van der Waals surface area contributed by atoms with Crippen molar-refractivity contribution < 1.29 is 14.3 Å². The zero-order chi connectivity index (χ0) is 23.7. The second-order valence-corrected chi connectivity index (χ2v) is 13.9. The Kier molecular flexibility index (Phi) is 6.67. The van der Waals surface area contributed by atoms with Gasteiger partial charge < -0.3 is 10.4 Å². The molecule has 1 saturated heterocycles. The van der Waals surface area contributed by atoms with Crippen LogP contribution in [0.5, 0.6) is 0 Å². The monoisotopic (exact) mass is 715 g/mol. The zero-order valence-electron chi connectivity index (χ0n) is 17.6. The Hall–Kier alpha value is -0.240. The number of anilines is 1. The van der Waals surface area contributed by atoms with Gasteiger partial charge in [0, 0.05) is 74.5 Å². The van der Waals surface area contributed by atoms with Gasteiger partial charge in [-0.05, 0) is 49.4 Å². The molecule has 2 aromatic rings. The first-order valence-electron chi connectivity index (χ1n) is 10.8. The highest BCUT2D eigenvalue weighted by Crippen LogP contribution is 2.60. The number of nitrogens with zero attached hydrogens (tertiary/aromatic N) is 2. The number of hydrogen-bond donors (Lipinski definition) is 2. The summed E-state index contributed by atoms with van der Waals surface area (Å²) in [7, 11) is 0. The van der Waals surface area contributed by atoms with Crippen molar-refractivity contribution in [3.8, 4) is 0 Å². The minimum absolute atomic E-state index is 0.0128. The number of rotatable bonds is 5. The fraction of sp³-hybridized carbons (Fsp3) is 0.435. The van der Waals surface area contributed by atoms with Gasteiger partial charge in [-0.3, -0.25) is 9.69 Å². The molecule has 0 aromatic heterocycles. The summed E-state index contributed by atoms with van der Waals surface area (Å²) >= 11 is 16.8. The number of likely N-dealkylation sites (tertiary alicyclic amines) is 1. The number of hydrogen-bond acceptors (Lipinski definition) is 4. The van der Waals surface area contributed by atoms with Crippen molar-refractivity contribution in [2.45, 2.75) is 49.4 Å². The standard InChI is InChI=1S/C23H22Cl2FI2N3O2/c1-11(32)20-21(31(27)28)18(14-3-2-4-16(25)19(14)26)23(30(20)10-12-5-6-12)15-8-7-13(24)9-17(15)29-22(23)33/h2-4,7-9,11-12,18,20-21,32H,5-6,10H2,1H3,(H,29,33)/t11-,18?,20+,21+,23-/m0/s1. The van der Waals surface area contributed by atoms with Gasteiger partial charge in [-0.1, -0.05) is 41.4 Å². The Labute approximate surface area is 230 Å². The van der Waals surface area contributed by atoms with E-state index in [4.69, 9.17) is 23.2 Å². The van der Waals surface area contributed by atoms with E-state index in [-0.39, 0.29) is 17.0 Å². The van der Waals surface area contributed by atoms with Crippen molar-refractivity contribution in [1.82, 2.24) is 6.23 Å². The molecular formula is C23H22Cl2FI2N3O2. The quantitative estimate of drug-likeness (QED) is 0.299. The largest absolute Gasteiger partial charge is 0.392 e. The predicted octanol–water partition coefficient (Wildman–Crippen LogP) is 5.91. The third-order valence-electron chi connectivity index (χ3n) is 7.13. The minimum atomic E-state index is -1.21. The van der Waals surface area contributed by atoms with E-state index < -0.39 is 29.4 Å². The number of aliphatic hydroxyl groups is 1. The Bertz CT molecular complexity index is 1120. The van der Waals surface area contributed by atoms with Crippen molar-refractivity contribution in [1.29, 1.82) is 0 Å². The fourth-order valence-electron chi connectivity index (χ4n) is 5.72. The zero-order valence-corrected chi connectivity index (χ0v) is 23.4.